The molecule has 1 fully saturated rings. The van der Waals surface area contributed by atoms with Crippen LogP contribution in [0.25, 0.3) is 11.1 Å². The van der Waals surface area contributed by atoms with E-state index in [-0.39, 0.29) is 11.5 Å². The van der Waals surface area contributed by atoms with Gasteiger partial charge in [0.05, 0.1) is 11.4 Å². The Kier molecular flexibility index (Phi) is 6.98. The minimum atomic E-state index is -0.777. The minimum absolute atomic E-state index is 0.0210. The summed E-state index contributed by atoms with van der Waals surface area (Å²) in [6.45, 7) is 4.46. The van der Waals surface area contributed by atoms with E-state index in [2.05, 4.69) is 37.5 Å². The van der Waals surface area contributed by atoms with E-state index in [0.29, 0.717) is 22.6 Å². The highest BCUT2D eigenvalue weighted by Gasteiger charge is 2.31. The highest BCUT2D eigenvalue weighted by atomic mass is 19.1. The van der Waals surface area contributed by atoms with Crippen LogP contribution in [0, 0.1) is 23.6 Å². The Morgan fingerprint density at radius 2 is 2.03 bits per heavy atom. The predicted molar refractivity (Wildman–Crippen MR) is 143 cm³/mol. The second-order valence-electron chi connectivity index (χ2n) is 10.7. The Balaban J connectivity index is 1.51. The van der Waals surface area contributed by atoms with Gasteiger partial charge < -0.3 is 5.32 Å². The van der Waals surface area contributed by atoms with Crippen molar-refractivity contribution in [3.63, 3.8) is 0 Å². The van der Waals surface area contributed by atoms with Crippen molar-refractivity contribution in [3.05, 3.63) is 59.0 Å². The molecular formula is C30H36FN3O2. The lowest BCUT2D eigenvalue weighted by atomic mass is 9.73. The highest BCUT2D eigenvalue weighted by Crippen LogP contribution is 2.45. The van der Waals surface area contributed by atoms with Gasteiger partial charge in [-0.25, -0.2) is 9.45 Å². The number of amides is 1. The molecule has 3 atom stereocenters. The summed E-state index contributed by atoms with van der Waals surface area (Å²) in [6, 6.07) is 7.68. The number of benzene rings is 2. The maximum absolute atomic E-state index is 15.4. The van der Waals surface area contributed by atoms with Crippen molar-refractivity contribution < 1.29 is 14.4 Å². The molecule has 2 N–H and O–H groups in total. The van der Waals surface area contributed by atoms with Crippen LogP contribution in [0.1, 0.15) is 79.8 Å². The van der Waals surface area contributed by atoms with Crippen LogP contribution in [0.4, 0.5) is 15.8 Å². The van der Waals surface area contributed by atoms with Crippen LogP contribution in [0.15, 0.2) is 41.5 Å². The first-order valence-corrected chi connectivity index (χ1v) is 13.3. The lowest BCUT2D eigenvalue weighted by Crippen LogP contribution is -2.27. The van der Waals surface area contributed by atoms with Crippen molar-refractivity contribution in [2.24, 2.45) is 22.7 Å². The first kappa shape index (κ1) is 24.7. The molecule has 3 aliphatic rings. The molecule has 1 aliphatic carbocycles. The summed E-state index contributed by atoms with van der Waals surface area (Å²) in [7, 11) is 1.21. The lowest BCUT2D eigenvalue weighted by Gasteiger charge is -2.33. The average molecular weight is 490 g/mol. The van der Waals surface area contributed by atoms with E-state index in [1.807, 2.05) is 12.1 Å². The Bertz CT molecular complexity index is 1210. The highest BCUT2D eigenvalue weighted by molar-refractivity contribution is 6.02. The van der Waals surface area contributed by atoms with Crippen molar-refractivity contribution in [1.29, 1.82) is 0 Å². The van der Waals surface area contributed by atoms with E-state index in [1.165, 1.54) is 50.8 Å². The molecular weight excluding hydrogens is 453 g/mol. The van der Waals surface area contributed by atoms with Gasteiger partial charge in [0.2, 0.25) is 0 Å². The topological polar surface area (TPSA) is 64.9 Å². The number of aliphatic imine (C=N–C) groups is 1. The zero-order chi connectivity index (χ0) is 25.4. The van der Waals surface area contributed by atoms with E-state index in [1.54, 1.807) is 6.20 Å². The Labute approximate surface area is 213 Å². The van der Waals surface area contributed by atoms with Gasteiger partial charge in [-0.15, -0.1) is 0 Å². The van der Waals surface area contributed by atoms with Crippen molar-refractivity contribution in [2.75, 3.05) is 12.4 Å². The van der Waals surface area contributed by atoms with Crippen LogP contribution in [0.3, 0.4) is 0 Å². The Morgan fingerprint density at radius 3 is 2.75 bits per heavy atom. The third-order valence-electron chi connectivity index (χ3n) is 8.52. The molecule has 0 saturated heterocycles. The van der Waals surface area contributed by atoms with Gasteiger partial charge in [-0.05, 0) is 65.3 Å². The number of allylic oxidation sites excluding steroid dienone is 1. The summed E-state index contributed by atoms with van der Waals surface area (Å²) < 4.78 is 15.4. The summed E-state index contributed by atoms with van der Waals surface area (Å²) in [5.41, 5.74) is 4.96. The van der Waals surface area contributed by atoms with Crippen LogP contribution in [0.2, 0.25) is 0 Å². The molecule has 0 bridgehead atoms. The van der Waals surface area contributed by atoms with Crippen LogP contribution >= 0.6 is 0 Å². The first-order chi connectivity index (χ1) is 17.4. The number of anilines is 1. The fourth-order valence-corrected chi connectivity index (χ4v) is 6.33. The molecule has 0 spiro atoms. The van der Waals surface area contributed by atoms with Crippen molar-refractivity contribution in [3.8, 4) is 11.1 Å². The summed E-state index contributed by atoms with van der Waals surface area (Å²) in [6.07, 6.45) is 14.4. The lowest BCUT2D eigenvalue weighted by molar-refractivity contribution is -0.0377. The van der Waals surface area contributed by atoms with Gasteiger partial charge in [-0.2, -0.15) is 0 Å². The molecule has 36 heavy (non-hydrogen) atoms. The molecule has 2 aromatic rings. The minimum Gasteiger partial charge on any atom is -0.361 e. The molecule has 2 aliphatic heterocycles. The quantitative estimate of drug-likeness (QED) is 0.338. The summed E-state index contributed by atoms with van der Waals surface area (Å²) in [5, 5.41) is 13.3. The van der Waals surface area contributed by atoms with Crippen molar-refractivity contribution in [2.45, 2.75) is 64.7 Å². The van der Waals surface area contributed by atoms with Crippen LogP contribution < -0.4 is 5.32 Å². The van der Waals surface area contributed by atoms with Crippen LogP contribution in [-0.2, 0) is 6.42 Å². The molecule has 190 valence electrons. The number of nitrogens with one attached hydrogen (secondary N) is 1. The number of nitrogens with zero attached hydrogens (tertiary/aromatic N) is 2. The SMILES string of the molecule is CCC1C=CNc2c(C(=O)N(C)O)c(F)cc(-c3ccc4c(c3)N=CC(C(C)C3CCCCC3)C4)c21. The van der Waals surface area contributed by atoms with Gasteiger partial charge in [0, 0.05) is 25.1 Å². The number of halogens is 1. The van der Waals surface area contributed by atoms with Crippen LogP contribution in [-0.4, -0.2) is 29.4 Å². The van der Waals surface area contributed by atoms with E-state index in [0.717, 1.165) is 41.1 Å². The second kappa shape index (κ2) is 10.2. The number of hydrogen-bond donors (Lipinski definition) is 2. The molecule has 0 aromatic heterocycles. The smallest absolute Gasteiger partial charge is 0.282 e. The third-order valence-corrected chi connectivity index (χ3v) is 8.52. The molecule has 2 aromatic carbocycles. The van der Waals surface area contributed by atoms with E-state index in [4.69, 9.17) is 4.99 Å². The number of rotatable bonds is 5. The van der Waals surface area contributed by atoms with Crippen LogP contribution in [0.5, 0.6) is 0 Å². The number of fused-ring (bicyclic) bond motifs is 2. The molecule has 1 amide bonds. The molecule has 1 saturated carbocycles. The molecule has 5 rings (SSSR count). The number of hydrogen-bond acceptors (Lipinski definition) is 4. The first-order valence-electron chi connectivity index (χ1n) is 13.3. The molecule has 5 nitrogen and oxygen atoms in total. The fraction of sp³-hybridized carbons (Fsp3) is 0.467. The summed E-state index contributed by atoms with van der Waals surface area (Å²) in [5.74, 6) is 0.456. The maximum atomic E-state index is 15.4. The fourth-order valence-electron chi connectivity index (χ4n) is 6.33. The Hall–Kier alpha value is -2.99. The van der Waals surface area contributed by atoms with E-state index < -0.39 is 11.7 Å². The molecule has 0 radical (unpaired) electrons. The average Bonchev–Trinajstić information content (AvgIpc) is 2.91. The zero-order valence-corrected chi connectivity index (χ0v) is 21.4. The zero-order valence-electron chi connectivity index (χ0n) is 21.4. The number of carbonyl (C=O) groups excluding carboxylic acids is 1. The molecule has 6 heteroatoms. The van der Waals surface area contributed by atoms with Gasteiger partial charge in [-0.1, -0.05) is 64.2 Å². The molecule has 2 heterocycles. The van der Waals surface area contributed by atoms with Crippen molar-refractivity contribution in [1.82, 2.24) is 5.06 Å². The van der Waals surface area contributed by atoms with E-state index in [9.17, 15) is 10.0 Å². The van der Waals surface area contributed by atoms with Gasteiger partial charge in [0.25, 0.3) is 5.91 Å². The normalized spacial score (nSPS) is 21.9. The second-order valence-corrected chi connectivity index (χ2v) is 10.7. The Morgan fingerprint density at radius 1 is 1.25 bits per heavy atom. The van der Waals surface area contributed by atoms with Gasteiger partial charge in [0.15, 0.2) is 0 Å². The van der Waals surface area contributed by atoms with Gasteiger partial charge in [-0.3, -0.25) is 15.0 Å². The number of hydroxylamine groups is 2. The van der Waals surface area contributed by atoms with Gasteiger partial charge in [0.1, 0.15) is 11.4 Å². The number of carbonyl (C=O) groups is 1. The van der Waals surface area contributed by atoms with Crippen molar-refractivity contribution >= 4 is 23.5 Å². The monoisotopic (exact) mass is 489 g/mol. The summed E-state index contributed by atoms with van der Waals surface area (Å²) >= 11 is 0. The van der Waals surface area contributed by atoms with Gasteiger partial charge >= 0.3 is 0 Å². The summed E-state index contributed by atoms with van der Waals surface area (Å²) in [4.78, 5) is 17.5. The molecule has 3 unspecified atom stereocenters. The predicted octanol–water partition coefficient (Wildman–Crippen LogP) is 7.48. The van der Waals surface area contributed by atoms with E-state index >= 15 is 4.39 Å². The maximum Gasteiger partial charge on any atom is 0.282 e. The third kappa shape index (κ3) is 4.47. The standard InChI is InChI=1S/C30H36FN3O2/c1-4-19-12-13-32-29-27(19)24(16-25(31)28(29)30(35)34(3)36)21-10-11-22-14-23(17-33-26(22)15-21)18(2)20-8-6-5-7-9-20/h10-13,15-20,23,32,36H,4-9,14H2,1-3H3. The largest absolute Gasteiger partial charge is 0.361 e.